The summed E-state index contributed by atoms with van der Waals surface area (Å²) in [6.07, 6.45) is 4.74. The minimum atomic E-state index is -0.175. The van der Waals surface area contributed by atoms with Gasteiger partial charge in [-0.05, 0) is 24.4 Å². The summed E-state index contributed by atoms with van der Waals surface area (Å²) in [6.45, 7) is 2.56. The summed E-state index contributed by atoms with van der Waals surface area (Å²) in [4.78, 5) is 28.2. The van der Waals surface area contributed by atoms with Gasteiger partial charge in [0.25, 0.3) is 5.56 Å². The summed E-state index contributed by atoms with van der Waals surface area (Å²) in [5.74, 6) is -0.175. The maximum atomic E-state index is 11.6. The Bertz CT molecular complexity index is 659. The highest BCUT2D eigenvalue weighted by atomic mass is 32.1. The number of carbonyl (C=O) groups excluding carboxylic acids is 1. The number of aryl methyl sites for hydroxylation is 1. The van der Waals surface area contributed by atoms with Crippen molar-refractivity contribution in [3.8, 4) is 0 Å². The number of amides is 1. The summed E-state index contributed by atoms with van der Waals surface area (Å²) in [7, 11) is 0. The zero-order valence-corrected chi connectivity index (χ0v) is 11.9. The molecule has 2 rings (SSSR count). The lowest BCUT2D eigenvalue weighted by Gasteiger charge is -2.05. The molecule has 0 atom stereocenters. The van der Waals surface area contributed by atoms with Gasteiger partial charge in [-0.15, -0.1) is 11.3 Å². The smallest absolute Gasteiger partial charge is 0.253 e. The predicted molar refractivity (Wildman–Crippen MR) is 79.6 cm³/mol. The monoisotopic (exact) mass is 289 g/mol. The van der Waals surface area contributed by atoms with E-state index in [1.807, 2.05) is 17.5 Å². The molecule has 5 nitrogen and oxygen atoms in total. The van der Waals surface area contributed by atoms with Crippen LogP contribution in [0.3, 0.4) is 0 Å². The molecule has 104 valence electrons. The third kappa shape index (κ3) is 4.17. The Morgan fingerprint density at radius 2 is 2.40 bits per heavy atom. The van der Waals surface area contributed by atoms with Crippen molar-refractivity contribution in [3.05, 3.63) is 56.9 Å². The van der Waals surface area contributed by atoms with E-state index in [0.29, 0.717) is 18.8 Å². The van der Waals surface area contributed by atoms with Gasteiger partial charge in [-0.3, -0.25) is 14.2 Å². The summed E-state index contributed by atoms with van der Waals surface area (Å²) >= 11 is 1.57. The van der Waals surface area contributed by atoms with Crippen LogP contribution in [-0.2, 0) is 11.3 Å². The molecule has 0 saturated carbocycles. The second-order valence-corrected chi connectivity index (χ2v) is 5.18. The molecule has 0 aliphatic heterocycles. The van der Waals surface area contributed by atoms with Gasteiger partial charge in [0.05, 0.1) is 6.33 Å². The Labute approximate surface area is 120 Å². The van der Waals surface area contributed by atoms with E-state index in [1.54, 1.807) is 24.3 Å². The lowest BCUT2D eigenvalue weighted by Crippen LogP contribution is -2.29. The average molecular weight is 289 g/mol. The van der Waals surface area contributed by atoms with Crippen LogP contribution in [0.25, 0.3) is 6.08 Å². The Hall–Kier alpha value is -2.21. The number of thiophene rings is 1. The van der Waals surface area contributed by atoms with Gasteiger partial charge in [0, 0.05) is 35.8 Å². The van der Waals surface area contributed by atoms with E-state index in [9.17, 15) is 9.59 Å². The molecule has 2 heterocycles. The molecule has 0 bridgehead atoms. The Morgan fingerprint density at radius 3 is 3.10 bits per heavy atom. The Morgan fingerprint density at radius 1 is 1.55 bits per heavy atom. The lowest BCUT2D eigenvalue weighted by molar-refractivity contribution is -0.116. The zero-order chi connectivity index (χ0) is 14.4. The molecule has 0 saturated heterocycles. The molecule has 2 aromatic heterocycles. The first kappa shape index (κ1) is 14.2. The molecule has 0 aliphatic carbocycles. The standard InChI is InChI=1S/C14H15N3O2S/c1-11-9-14(19)17(10-16-11)7-6-15-13(18)5-4-12-3-2-8-20-12/h2-5,8-10H,6-7H2,1H3,(H,15,18)/b5-4+. The molecule has 1 N–H and O–H groups in total. The quantitative estimate of drug-likeness (QED) is 0.847. The molecular weight excluding hydrogens is 274 g/mol. The van der Waals surface area contributed by atoms with Crippen molar-refractivity contribution in [2.75, 3.05) is 6.54 Å². The van der Waals surface area contributed by atoms with Gasteiger partial charge in [0.1, 0.15) is 0 Å². The number of hydrogen-bond donors (Lipinski definition) is 1. The van der Waals surface area contributed by atoms with E-state index in [-0.39, 0.29) is 11.5 Å². The van der Waals surface area contributed by atoms with Gasteiger partial charge < -0.3 is 5.32 Å². The largest absolute Gasteiger partial charge is 0.351 e. The first-order chi connectivity index (χ1) is 9.65. The highest BCUT2D eigenvalue weighted by Gasteiger charge is 1.99. The fourth-order valence-electron chi connectivity index (χ4n) is 1.59. The van der Waals surface area contributed by atoms with Gasteiger partial charge in [0.15, 0.2) is 0 Å². The minimum absolute atomic E-state index is 0.110. The predicted octanol–water partition coefficient (Wildman–Crippen LogP) is 1.44. The van der Waals surface area contributed by atoms with Crippen LogP contribution in [0.5, 0.6) is 0 Å². The van der Waals surface area contributed by atoms with Crippen molar-refractivity contribution in [1.29, 1.82) is 0 Å². The molecule has 0 unspecified atom stereocenters. The Balaban J connectivity index is 1.81. The first-order valence-electron chi connectivity index (χ1n) is 6.17. The number of hydrogen-bond acceptors (Lipinski definition) is 4. The van der Waals surface area contributed by atoms with Crippen molar-refractivity contribution >= 4 is 23.3 Å². The van der Waals surface area contributed by atoms with Gasteiger partial charge in [-0.25, -0.2) is 4.98 Å². The third-order valence-corrected chi connectivity index (χ3v) is 3.45. The maximum absolute atomic E-state index is 11.6. The normalized spacial score (nSPS) is 10.8. The third-order valence-electron chi connectivity index (χ3n) is 2.61. The molecular formula is C14H15N3O2S. The highest BCUT2D eigenvalue weighted by molar-refractivity contribution is 7.10. The second-order valence-electron chi connectivity index (χ2n) is 4.20. The van der Waals surface area contributed by atoms with Crippen LogP contribution in [0.2, 0.25) is 0 Å². The van der Waals surface area contributed by atoms with Crippen LogP contribution in [0, 0.1) is 6.92 Å². The van der Waals surface area contributed by atoms with Crippen LogP contribution in [-0.4, -0.2) is 22.0 Å². The van der Waals surface area contributed by atoms with Crippen molar-refractivity contribution < 1.29 is 4.79 Å². The fraction of sp³-hybridized carbons (Fsp3) is 0.214. The molecule has 0 fully saturated rings. The van der Waals surface area contributed by atoms with Crippen molar-refractivity contribution in [1.82, 2.24) is 14.9 Å². The van der Waals surface area contributed by atoms with Crippen molar-refractivity contribution in [3.63, 3.8) is 0 Å². The maximum Gasteiger partial charge on any atom is 0.253 e. The van der Waals surface area contributed by atoms with Gasteiger partial charge >= 0.3 is 0 Å². The van der Waals surface area contributed by atoms with E-state index < -0.39 is 0 Å². The molecule has 20 heavy (non-hydrogen) atoms. The molecule has 0 spiro atoms. The number of aromatic nitrogens is 2. The van der Waals surface area contributed by atoms with E-state index in [0.717, 1.165) is 4.88 Å². The van der Waals surface area contributed by atoms with E-state index in [2.05, 4.69) is 10.3 Å². The van der Waals surface area contributed by atoms with Crippen molar-refractivity contribution in [2.24, 2.45) is 0 Å². The Kier molecular flexibility index (Phi) is 4.84. The SMILES string of the molecule is Cc1cc(=O)n(CCNC(=O)/C=C/c2cccs2)cn1. The number of nitrogens with one attached hydrogen (secondary N) is 1. The molecule has 1 amide bonds. The van der Waals surface area contributed by atoms with Gasteiger partial charge in [-0.2, -0.15) is 0 Å². The van der Waals surface area contributed by atoms with E-state index in [4.69, 9.17) is 0 Å². The van der Waals surface area contributed by atoms with Crippen LogP contribution in [0.4, 0.5) is 0 Å². The molecule has 0 aromatic carbocycles. The van der Waals surface area contributed by atoms with Gasteiger partial charge in [0.2, 0.25) is 5.91 Å². The van der Waals surface area contributed by atoms with Gasteiger partial charge in [-0.1, -0.05) is 6.07 Å². The summed E-state index contributed by atoms with van der Waals surface area (Å²) in [6, 6.07) is 5.34. The van der Waals surface area contributed by atoms with Crippen LogP contribution < -0.4 is 10.9 Å². The first-order valence-corrected chi connectivity index (χ1v) is 7.05. The van der Waals surface area contributed by atoms with E-state index >= 15 is 0 Å². The lowest BCUT2D eigenvalue weighted by atomic mass is 10.4. The molecule has 0 radical (unpaired) electrons. The van der Waals surface area contributed by atoms with Crippen LogP contribution in [0.1, 0.15) is 10.6 Å². The fourth-order valence-corrected chi connectivity index (χ4v) is 2.20. The van der Waals surface area contributed by atoms with Crippen LogP contribution in [0.15, 0.2) is 40.8 Å². The molecule has 2 aromatic rings. The number of carbonyl (C=O) groups is 1. The van der Waals surface area contributed by atoms with E-state index in [1.165, 1.54) is 23.0 Å². The summed E-state index contributed by atoms with van der Waals surface area (Å²) < 4.78 is 1.47. The molecule has 0 aliphatic rings. The summed E-state index contributed by atoms with van der Waals surface area (Å²) in [5, 5.41) is 4.68. The zero-order valence-electron chi connectivity index (χ0n) is 11.1. The topological polar surface area (TPSA) is 64.0 Å². The van der Waals surface area contributed by atoms with Crippen LogP contribution >= 0.6 is 11.3 Å². The molecule has 6 heteroatoms. The second kappa shape index (κ2) is 6.81. The van der Waals surface area contributed by atoms with Crippen molar-refractivity contribution in [2.45, 2.75) is 13.5 Å². The summed E-state index contributed by atoms with van der Waals surface area (Å²) in [5.41, 5.74) is 0.579. The number of rotatable bonds is 5. The minimum Gasteiger partial charge on any atom is -0.351 e. The highest BCUT2D eigenvalue weighted by Crippen LogP contribution is 2.09. The number of nitrogens with zero attached hydrogens (tertiary/aromatic N) is 2. The average Bonchev–Trinajstić information content (AvgIpc) is 2.92.